The third-order valence-electron chi connectivity index (χ3n) is 2.23. The lowest BCUT2D eigenvalue weighted by Gasteiger charge is -2.24. The molecule has 13 heavy (non-hydrogen) atoms. The molecule has 0 aliphatic carbocycles. The Morgan fingerprint density at radius 1 is 1.23 bits per heavy atom. The van der Waals surface area contributed by atoms with Crippen LogP contribution in [0.2, 0.25) is 0 Å². The predicted molar refractivity (Wildman–Crippen MR) is 53.8 cm³/mol. The first-order valence-electron chi connectivity index (χ1n) is 5.23. The van der Waals surface area contributed by atoms with E-state index < -0.39 is 0 Å². The Bertz CT molecular complexity index is 132. The highest BCUT2D eigenvalue weighted by Gasteiger charge is 2.16. The molecule has 1 rings (SSSR count). The Kier molecular flexibility index (Phi) is 4.20. The molecule has 0 radical (unpaired) electrons. The maximum absolute atomic E-state index is 5.68. The second-order valence-corrected chi connectivity index (χ2v) is 5.13. The highest BCUT2D eigenvalue weighted by atomic mass is 16.5. The standard InChI is InChI=1S/C11H22O2/c1-11(2,3)9-13-8-10-4-6-12-7-5-10/h10H,4-9H2,1-3H3. The second kappa shape index (κ2) is 4.97. The fourth-order valence-corrected chi connectivity index (χ4v) is 1.44. The van der Waals surface area contributed by atoms with Crippen LogP contribution in [0.1, 0.15) is 33.6 Å². The maximum Gasteiger partial charge on any atom is 0.0514 e. The molecule has 1 fully saturated rings. The molecule has 1 heterocycles. The number of hydrogen-bond acceptors (Lipinski definition) is 2. The molecule has 0 unspecified atom stereocenters. The van der Waals surface area contributed by atoms with Gasteiger partial charge in [-0.3, -0.25) is 0 Å². The lowest BCUT2D eigenvalue weighted by atomic mass is 9.98. The van der Waals surface area contributed by atoms with Crippen LogP contribution in [0, 0.1) is 11.3 Å². The van der Waals surface area contributed by atoms with Gasteiger partial charge in [0.25, 0.3) is 0 Å². The maximum atomic E-state index is 5.68. The van der Waals surface area contributed by atoms with Gasteiger partial charge in [-0.2, -0.15) is 0 Å². The van der Waals surface area contributed by atoms with Crippen molar-refractivity contribution in [1.82, 2.24) is 0 Å². The monoisotopic (exact) mass is 186 g/mol. The molecule has 1 aliphatic rings. The van der Waals surface area contributed by atoms with E-state index in [2.05, 4.69) is 20.8 Å². The Labute approximate surface area is 81.6 Å². The zero-order valence-corrected chi connectivity index (χ0v) is 9.14. The zero-order chi connectivity index (χ0) is 9.73. The van der Waals surface area contributed by atoms with Crippen LogP contribution in [0.3, 0.4) is 0 Å². The third-order valence-corrected chi connectivity index (χ3v) is 2.23. The van der Waals surface area contributed by atoms with E-state index in [0.717, 1.165) is 32.3 Å². The van der Waals surface area contributed by atoms with Crippen molar-refractivity contribution in [2.75, 3.05) is 26.4 Å². The Hall–Kier alpha value is -0.0800. The smallest absolute Gasteiger partial charge is 0.0514 e. The molecule has 1 aliphatic heterocycles. The highest BCUT2D eigenvalue weighted by molar-refractivity contribution is 4.64. The van der Waals surface area contributed by atoms with Crippen LogP contribution in [0.5, 0.6) is 0 Å². The zero-order valence-electron chi connectivity index (χ0n) is 9.14. The summed E-state index contributed by atoms with van der Waals surface area (Å²) < 4.78 is 11.0. The molecule has 0 atom stereocenters. The molecule has 1 saturated heterocycles. The summed E-state index contributed by atoms with van der Waals surface area (Å²) in [6.45, 7) is 10.2. The lowest BCUT2D eigenvalue weighted by molar-refractivity contribution is 0.00163. The summed E-state index contributed by atoms with van der Waals surface area (Å²) in [6, 6.07) is 0. The van der Waals surface area contributed by atoms with Gasteiger partial charge in [-0.05, 0) is 24.2 Å². The minimum absolute atomic E-state index is 0.297. The third kappa shape index (κ3) is 5.27. The van der Waals surface area contributed by atoms with Crippen molar-refractivity contribution in [2.45, 2.75) is 33.6 Å². The van der Waals surface area contributed by atoms with Crippen LogP contribution in [0.4, 0.5) is 0 Å². The van der Waals surface area contributed by atoms with E-state index in [4.69, 9.17) is 9.47 Å². The second-order valence-electron chi connectivity index (χ2n) is 5.13. The van der Waals surface area contributed by atoms with Gasteiger partial charge < -0.3 is 9.47 Å². The summed E-state index contributed by atoms with van der Waals surface area (Å²) in [6.07, 6.45) is 2.34. The Morgan fingerprint density at radius 2 is 1.85 bits per heavy atom. The van der Waals surface area contributed by atoms with Gasteiger partial charge in [-0.1, -0.05) is 20.8 Å². The van der Waals surface area contributed by atoms with E-state index in [0.29, 0.717) is 5.41 Å². The molecule has 78 valence electrons. The summed E-state index contributed by atoms with van der Waals surface area (Å²) in [5, 5.41) is 0. The van der Waals surface area contributed by atoms with Crippen molar-refractivity contribution in [2.24, 2.45) is 11.3 Å². The molecule has 0 bridgehead atoms. The summed E-state index contributed by atoms with van der Waals surface area (Å²) in [5.74, 6) is 0.732. The predicted octanol–water partition coefficient (Wildman–Crippen LogP) is 2.48. The summed E-state index contributed by atoms with van der Waals surface area (Å²) in [7, 11) is 0. The van der Waals surface area contributed by atoms with Crippen molar-refractivity contribution in [3.63, 3.8) is 0 Å². The average Bonchev–Trinajstić information content (AvgIpc) is 2.04. The highest BCUT2D eigenvalue weighted by Crippen LogP contribution is 2.17. The van der Waals surface area contributed by atoms with E-state index in [1.165, 1.54) is 12.8 Å². The van der Waals surface area contributed by atoms with Crippen LogP contribution >= 0.6 is 0 Å². The molecule has 0 aromatic rings. The SMILES string of the molecule is CC(C)(C)COCC1CCOCC1. The summed E-state index contributed by atoms with van der Waals surface area (Å²) in [4.78, 5) is 0. The minimum Gasteiger partial charge on any atom is -0.381 e. The fourth-order valence-electron chi connectivity index (χ4n) is 1.44. The van der Waals surface area contributed by atoms with E-state index in [9.17, 15) is 0 Å². The first-order chi connectivity index (χ1) is 6.08. The molecule has 0 spiro atoms. The van der Waals surface area contributed by atoms with Crippen LogP contribution < -0.4 is 0 Å². The summed E-state index contributed by atoms with van der Waals surface area (Å²) in [5.41, 5.74) is 0.297. The fraction of sp³-hybridized carbons (Fsp3) is 1.00. The molecule has 2 heteroatoms. The first-order valence-corrected chi connectivity index (χ1v) is 5.23. The lowest BCUT2D eigenvalue weighted by Crippen LogP contribution is -2.23. The number of hydrogen-bond donors (Lipinski definition) is 0. The van der Waals surface area contributed by atoms with Gasteiger partial charge in [-0.25, -0.2) is 0 Å². The van der Waals surface area contributed by atoms with Crippen LogP contribution in [0.25, 0.3) is 0 Å². The van der Waals surface area contributed by atoms with E-state index in [1.807, 2.05) is 0 Å². The Balaban J connectivity index is 2.04. The number of rotatable bonds is 3. The van der Waals surface area contributed by atoms with Crippen LogP contribution in [0.15, 0.2) is 0 Å². The molecule has 0 saturated carbocycles. The molecular weight excluding hydrogens is 164 g/mol. The van der Waals surface area contributed by atoms with Gasteiger partial charge >= 0.3 is 0 Å². The average molecular weight is 186 g/mol. The van der Waals surface area contributed by atoms with Crippen molar-refractivity contribution in [3.05, 3.63) is 0 Å². The molecule has 0 aromatic heterocycles. The quantitative estimate of drug-likeness (QED) is 0.674. The van der Waals surface area contributed by atoms with Gasteiger partial charge in [0.2, 0.25) is 0 Å². The van der Waals surface area contributed by atoms with Crippen LogP contribution in [-0.2, 0) is 9.47 Å². The normalized spacial score (nSPS) is 20.5. The van der Waals surface area contributed by atoms with Gasteiger partial charge in [0.1, 0.15) is 0 Å². The van der Waals surface area contributed by atoms with Gasteiger partial charge in [-0.15, -0.1) is 0 Å². The van der Waals surface area contributed by atoms with Crippen molar-refractivity contribution in [3.8, 4) is 0 Å². The largest absolute Gasteiger partial charge is 0.381 e. The van der Waals surface area contributed by atoms with E-state index in [1.54, 1.807) is 0 Å². The first kappa shape index (κ1) is 11.0. The van der Waals surface area contributed by atoms with Crippen molar-refractivity contribution >= 4 is 0 Å². The molecular formula is C11H22O2. The van der Waals surface area contributed by atoms with Gasteiger partial charge in [0, 0.05) is 19.8 Å². The molecule has 0 amide bonds. The number of ether oxygens (including phenoxy) is 2. The molecule has 2 nitrogen and oxygen atoms in total. The van der Waals surface area contributed by atoms with Crippen molar-refractivity contribution < 1.29 is 9.47 Å². The van der Waals surface area contributed by atoms with Crippen molar-refractivity contribution in [1.29, 1.82) is 0 Å². The topological polar surface area (TPSA) is 18.5 Å². The van der Waals surface area contributed by atoms with Gasteiger partial charge in [0.05, 0.1) is 6.61 Å². The summed E-state index contributed by atoms with van der Waals surface area (Å²) >= 11 is 0. The Morgan fingerprint density at radius 3 is 2.38 bits per heavy atom. The molecule has 0 aromatic carbocycles. The van der Waals surface area contributed by atoms with Gasteiger partial charge in [0.15, 0.2) is 0 Å². The van der Waals surface area contributed by atoms with E-state index in [-0.39, 0.29) is 0 Å². The molecule has 0 N–H and O–H groups in total. The van der Waals surface area contributed by atoms with Crippen LogP contribution in [-0.4, -0.2) is 26.4 Å². The van der Waals surface area contributed by atoms with E-state index >= 15 is 0 Å². The minimum atomic E-state index is 0.297.